The molecule has 2 aromatic rings. The summed E-state index contributed by atoms with van der Waals surface area (Å²) in [6.07, 6.45) is 4.80. The van der Waals surface area contributed by atoms with Crippen LogP contribution in [0.1, 0.15) is 44.1 Å². The van der Waals surface area contributed by atoms with Crippen LogP contribution in [0.2, 0.25) is 0 Å². The van der Waals surface area contributed by atoms with Crippen molar-refractivity contribution < 1.29 is 9.32 Å². The second-order valence-electron chi connectivity index (χ2n) is 6.76. The lowest BCUT2D eigenvalue weighted by Gasteiger charge is -2.29. The predicted molar refractivity (Wildman–Crippen MR) is 100 cm³/mol. The molecule has 1 N–H and O–H groups in total. The van der Waals surface area contributed by atoms with E-state index in [2.05, 4.69) is 22.4 Å². The molecule has 1 fully saturated rings. The van der Waals surface area contributed by atoms with Crippen molar-refractivity contribution in [3.8, 4) is 11.4 Å². The summed E-state index contributed by atoms with van der Waals surface area (Å²) in [5.41, 5.74) is 2.09. The highest BCUT2D eigenvalue weighted by molar-refractivity contribution is 7.99. The molecule has 1 saturated carbocycles. The van der Waals surface area contributed by atoms with Crippen molar-refractivity contribution in [1.29, 1.82) is 0 Å². The van der Waals surface area contributed by atoms with Gasteiger partial charge in [-0.15, -0.1) is 11.8 Å². The molecule has 1 aliphatic carbocycles. The van der Waals surface area contributed by atoms with Crippen molar-refractivity contribution in [1.82, 2.24) is 15.5 Å². The summed E-state index contributed by atoms with van der Waals surface area (Å²) in [4.78, 5) is 16.6. The van der Waals surface area contributed by atoms with E-state index in [1.54, 1.807) is 0 Å². The van der Waals surface area contributed by atoms with Crippen LogP contribution in [0.4, 0.5) is 0 Å². The van der Waals surface area contributed by atoms with E-state index in [-0.39, 0.29) is 5.91 Å². The third-order valence-corrected chi connectivity index (χ3v) is 5.69. The van der Waals surface area contributed by atoms with E-state index in [9.17, 15) is 4.79 Å². The van der Waals surface area contributed by atoms with Gasteiger partial charge in [0.25, 0.3) is 0 Å². The Morgan fingerprint density at radius 1 is 1.32 bits per heavy atom. The van der Waals surface area contributed by atoms with Crippen LogP contribution in [0.3, 0.4) is 0 Å². The fourth-order valence-corrected chi connectivity index (χ4v) is 3.92. The van der Waals surface area contributed by atoms with Crippen molar-refractivity contribution in [2.24, 2.45) is 5.92 Å². The third-order valence-electron chi connectivity index (χ3n) is 4.77. The Morgan fingerprint density at radius 2 is 2.12 bits per heavy atom. The molecule has 1 aromatic heterocycles. The molecule has 0 unspecified atom stereocenters. The van der Waals surface area contributed by atoms with Crippen molar-refractivity contribution >= 4 is 17.7 Å². The molecule has 1 heterocycles. The fourth-order valence-electron chi connectivity index (χ4n) is 3.26. The quantitative estimate of drug-likeness (QED) is 0.845. The number of amides is 1. The van der Waals surface area contributed by atoms with Crippen LogP contribution >= 0.6 is 11.8 Å². The number of nitrogens with zero attached hydrogens (tertiary/aromatic N) is 2. The minimum atomic E-state index is 0.0994. The average Bonchev–Trinajstić information content (AvgIpc) is 3.06. The molecular weight excluding hydrogens is 334 g/mol. The molecule has 0 radical (unpaired) electrons. The molecule has 0 saturated heterocycles. The van der Waals surface area contributed by atoms with Gasteiger partial charge in [0, 0.05) is 11.6 Å². The molecular formula is C19H25N3O2S. The Morgan fingerprint density at radius 3 is 2.92 bits per heavy atom. The lowest BCUT2D eigenvalue weighted by atomic mass is 9.86. The molecule has 0 bridgehead atoms. The molecule has 1 aliphatic rings. The van der Waals surface area contributed by atoms with Gasteiger partial charge in [-0.2, -0.15) is 4.98 Å². The zero-order valence-corrected chi connectivity index (χ0v) is 15.6. The molecule has 0 aliphatic heterocycles. The number of rotatable bonds is 6. The maximum atomic E-state index is 12.1. The minimum absolute atomic E-state index is 0.0994. The van der Waals surface area contributed by atoms with Gasteiger partial charge < -0.3 is 9.84 Å². The summed E-state index contributed by atoms with van der Waals surface area (Å²) in [7, 11) is 0. The van der Waals surface area contributed by atoms with E-state index < -0.39 is 0 Å². The SMILES string of the molecule is Cc1ccccc1-c1noc(CSCC(=O)N[C@@H]2CCCC[C@@H]2C)n1. The Balaban J connectivity index is 1.46. The topological polar surface area (TPSA) is 68.0 Å². The molecule has 134 valence electrons. The zero-order chi connectivity index (χ0) is 17.6. The van der Waals surface area contributed by atoms with Gasteiger partial charge in [-0.25, -0.2) is 0 Å². The van der Waals surface area contributed by atoms with Crippen molar-refractivity contribution in [2.75, 3.05) is 5.75 Å². The molecule has 1 amide bonds. The summed E-state index contributed by atoms with van der Waals surface area (Å²) in [5, 5.41) is 7.22. The number of thioether (sulfide) groups is 1. The van der Waals surface area contributed by atoms with Crippen LogP contribution < -0.4 is 5.32 Å². The Bertz CT molecular complexity index is 716. The second-order valence-corrected chi connectivity index (χ2v) is 7.74. The summed E-state index contributed by atoms with van der Waals surface area (Å²) in [6, 6.07) is 8.29. The number of carbonyl (C=O) groups excluding carboxylic acids is 1. The number of aromatic nitrogens is 2. The van der Waals surface area contributed by atoms with Gasteiger partial charge in [-0.05, 0) is 31.2 Å². The van der Waals surface area contributed by atoms with Crippen LogP contribution in [0.15, 0.2) is 28.8 Å². The minimum Gasteiger partial charge on any atom is -0.352 e. The lowest BCUT2D eigenvalue weighted by Crippen LogP contribution is -2.41. The average molecular weight is 359 g/mol. The third kappa shape index (κ3) is 4.84. The summed E-state index contributed by atoms with van der Waals surface area (Å²) < 4.78 is 5.31. The summed E-state index contributed by atoms with van der Waals surface area (Å²) >= 11 is 1.51. The van der Waals surface area contributed by atoms with Gasteiger partial charge >= 0.3 is 0 Å². The van der Waals surface area contributed by atoms with E-state index in [0.29, 0.717) is 35.2 Å². The lowest BCUT2D eigenvalue weighted by molar-refractivity contribution is -0.119. The number of aryl methyl sites for hydroxylation is 1. The Kier molecular flexibility index (Phi) is 6.13. The van der Waals surface area contributed by atoms with Gasteiger partial charge in [0.2, 0.25) is 17.6 Å². The highest BCUT2D eigenvalue weighted by Gasteiger charge is 2.22. The van der Waals surface area contributed by atoms with E-state index in [1.165, 1.54) is 31.0 Å². The zero-order valence-electron chi connectivity index (χ0n) is 14.8. The van der Waals surface area contributed by atoms with E-state index in [4.69, 9.17) is 4.52 Å². The first kappa shape index (κ1) is 18.0. The first-order valence-corrected chi connectivity index (χ1v) is 10.0. The van der Waals surface area contributed by atoms with E-state index in [0.717, 1.165) is 17.5 Å². The number of carbonyl (C=O) groups is 1. The van der Waals surface area contributed by atoms with Crippen molar-refractivity contribution in [3.05, 3.63) is 35.7 Å². The van der Waals surface area contributed by atoms with Gasteiger partial charge in [0.05, 0.1) is 11.5 Å². The molecule has 5 nitrogen and oxygen atoms in total. The second kappa shape index (κ2) is 8.52. The highest BCUT2D eigenvalue weighted by atomic mass is 32.2. The molecule has 2 atom stereocenters. The molecule has 1 aromatic carbocycles. The predicted octanol–water partition coefficient (Wildman–Crippen LogP) is 3.97. The van der Waals surface area contributed by atoms with Gasteiger partial charge in [0.1, 0.15) is 0 Å². The maximum absolute atomic E-state index is 12.1. The molecule has 0 spiro atoms. The monoisotopic (exact) mass is 359 g/mol. The van der Waals surface area contributed by atoms with Crippen LogP contribution in [0.5, 0.6) is 0 Å². The van der Waals surface area contributed by atoms with Crippen LogP contribution in [0, 0.1) is 12.8 Å². The first-order valence-electron chi connectivity index (χ1n) is 8.89. The first-order chi connectivity index (χ1) is 12.1. The highest BCUT2D eigenvalue weighted by Crippen LogP contribution is 2.24. The maximum Gasteiger partial charge on any atom is 0.236 e. The number of nitrogens with one attached hydrogen (secondary N) is 1. The fraction of sp³-hybridized carbons (Fsp3) is 0.526. The number of hydrogen-bond donors (Lipinski definition) is 1. The standard InChI is InChI=1S/C19H25N3O2S/c1-13-7-3-5-9-15(13)19-21-18(24-22-19)12-25-11-17(23)20-16-10-6-4-8-14(16)2/h3,5,7,9,14,16H,4,6,8,10-12H2,1-2H3,(H,20,23)/t14-,16+/m0/s1. The summed E-state index contributed by atoms with van der Waals surface area (Å²) in [5.74, 6) is 2.81. The number of benzene rings is 1. The largest absolute Gasteiger partial charge is 0.352 e. The van der Waals surface area contributed by atoms with Gasteiger partial charge in [-0.3, -0.25) is 4.79 Å². The van der Waals surface area contributed by atoms with Crippen molar-refractivity contribution in [2.45, 2.75) is 51.3 Å². The van der Waals surface area contributed by atoms with E-state index in [1.807, 2.05) is 31.2 Å². The smallest absolute Gasteiger partial charge is 0.236 e. The number of hydrogen-bond acceptors (Lipinski definition) is 5. The molecule has 25 heavy (non-hydrogen) atoms. The van der Waals surface area contributed by atoms with Crippen LogP contribution in [-0.2, 0) is 10.5 Å². The van der Waals surface area contributed by atoms with Crippen LogP contribution in [-0.4, -0.2) is 27.8 Å². The van der Waals surface area contributed by atoms with Crippen LogP contribution in [0.25, 0.3) is 11.4 Å². The normalized spacial score (nSPS) is 20.4. The molecule has 3 rings (SSSR count). The molecule has 6 heteroatoms. The van der Waals surface area contributed by atoms with Crippen molar-refractivity contribution in [3.63, 3.8) is 0 Å². The Hall–Kier alpha value is -1.82. The van der Waals surface area contributed by atoms with Gasteiger partial charge in [-0.1, -0.05) is 49.2 Å². The summed E-state index contributed by atoms with van der Waals surface area (Å²) in [6.45, 7) is 4.25. The van der Waals surface area contributed by atoms with E-state index >= 15 is 0 Å². The van der Waals surface area contributed by atoms with Gasteiger partial charge in [0.15, 0.2) is 0 Å². The Labute approximate surface area is 153 Å².